The number of hydrogen-bond acceptors (Lipinski definition) is 14. The minimum atomic E-state index is -5.33. The first-order valence-electron chi connectivity index (χ1n) is 29.5. The minimum Gasteiger partial charge on any atom is -0.370 e. The SMILES string of the molecule is CSc1cc(C)c2c(ccn2S(=O)(=O)c2ccc(C)cc2)c1C(O)(c1nc2cc(C#N)ccc2n1COCC[Si](C)(C)C)C(F)(F)F.CSc1cc(C)c2c(ccn2S(=O)(=O)c2ccc(C)cc2)c1C(O)(c1nc2ccc(C#N)cc2n1COCC[Si](C)(C)C)C(F)(F)F. The molecule has 0 aliphatic heterocycles. The first-order chi connectivity index (χ1) is 43.9. The van der Waals surface area contributed by atoms with E-state index in [0.29, 0.717) is 17.7 Å². The number of alkyl halides is 6. The average molecular weight is 1400 g/mol. The zero-order valence-electron chi connectivity index (χ0n) is 53.6. The first kappa shape index (κ1) is 71.1. The van der Waals surface area contributed by atoms with Crippen LogP contribution >= 0.6 is 23.5 Å². The fraction of sp³-hybridized carbons (Fsp3) is 0.333. The number of hydrogen-bond donors (Lipinski definition) is 2. The molecule has 0 aliphatic carbocycles. The molecule has 4 heterocycles. The molecule has 0 saturated carbocycles. The lowest BCUT2D eigenvalue weighted by Crippen LogP contribution is -2.46. The minimum absolute atomic E-state index is 0.00173. The predicted molar refractivity (Wildman–Crippen MR) is 360 cm³/mol. The Morgan fingerprint density at radius 1 is 0.532 bits per heavy atom. The molecular formula is C66H70F6N8O8S4Si2. The van der Waals surface area contributed by atoms with Crippen molar-refractivity contribution in [2.75, 3.05) is 25.7 Å². The lowest BCUT2D eigenvalue weighted by Gasteiger charge is -2.33. The van der Waals surface area contributed by atoms with Gasteiger partial charge in [0.05, 0.1) is 66.2 Å². The van der Waals surface area contributed by atoms with Crippen molar-refractivity contribution in [3.63, 3.8) is 0 Å². The van der Waals surface area contributed by atoms with Gasteiger partial charge in [-0.15, -0.1) is 23.5 Å². The fourth-order valence-electron chi connectivity index (χ4n) is 11.1. The van der Waals surface area contributed by atoms with Crippen LogP contribution in [-0.2, 0) is 54.2 Å². The molecule has 0 fully saturated rings. The van der Waals surface area contributed by atoms with Crippen LogP contribution in [0.15, 0.2) is 141 Å². The number of aryl methyl sites for hydroxylation is 4. The van der Waals surface area contributed by atoms with Crippen LogP contribution in [0.4, 0.5) is 26.3 Å². The lowest BCUT2D eigenvalue weighted by atomic mass is 9.88. The summed E-state index contributed by atoms with van der Waals surface area (Å²) in [5, 5.41) is 43.3. The van der Waals surface area contributed by atoms with Gasteiger partial charge in [0, 0.05) is 73.4 Å². The van der Waals surface area contributed by atoms with Crippen molar-refractivity contribution in [2.45, 2.75) is 136 Å². The predicted octanol–water partition coefficient (Wildman–Crippen LogP) is 15.1. The van der Waals surface area contributed by atoms with Gasteiger partial charge in [0.25, 0.3) is 20.0 Å². The van der Waals surface area contributed by atoms with Crippen molar-refractivity contribution in [1.82, 2.24) is 27.0 Å². The summed E-state index contributed by atoms with van der Waals surface area (Å²) in [6, 6.07) is 31.8. The van der Waals surface area contributed by atoms with E-state index in [1.54, 1.807) is 50.6 Å². The highest BCUT2D eigenvalue weighted by Crippen LogP contribution is 2.53. The summed E-state index contributed by atoms with van der Waals surface area (Å²) < 4.78 is 165. The van der Waals surface area contributed by atoms with E-state index in [1.165, 1.54) is 102 Å². The summed E-state index contributed by atoms with van der Waals surface area (Å²) in [7, 11) is -11.5. The molecule has 6 aromatic carbocycles. The summed E-state index contributed by atoms with van der Waals surface area (Å²) in [6.07, 6.45) is -5.07. The number of aliphatic hydroxyl groups is 2. The van der Waals surface area contributed by atoms with E-state index in [0.717, 1.165) is 59.3 Å². The Labute approximate surface area is 551 Å². The van der Waals surface area contributed by atoms with Gasteiger partial charge in [-0.2, -0.15) is 36.9 Å². The summed E-state index contributed by atoms with van der Waals surface area (Å²) >= 11 is 1.99. The molecule has 2 N–H and O–H groups in total. The third-order valence-electron chi connectivity index (χ3n) is 16.2. The monoisotopic (exact) mass is 1400 g/mol. The second-order valence-electron chi connectivity index (χ2n) is 25.4. The Morgan fingerprint density at radius 3 is 1.30 bits per heavy atom. The zero-order valence-corrected chi connectivity index (χ0v) is 58.9. The zero-order chi connectivity index (χ0) is 69.1. The van der Waals surface area contributed by atoms with E-state index in [9.17, 15) is 37.6 Å². The number of benzene rings is 6. The molecule has 0 bridgehead atoms. The van der Waals surface area contributed by atoms with Crippen LogP contribution in [0.25, 0.3) is 43.9 Å². The van der Waals surface area contributed by atoms with Gasteiger partial charge >= 0.3 is 12.4 Å². The standard InChI is InChI=1S/2C33H35F3N4O4S2Si/c1-21-7-10-24(11-8-21)46(42,43)40-14-13-25-29(28(45-3)17-22(2)30(25)40)32(41,33(34,35)36)31-38-26-18-23(19-37)9-12-27(26)39(31)20-44-15-16-47(4,5)6;1-21-7-10-24(11-8-21)46(42,43)40-14-13-25-29(28(45-3)17-22(2)30(25)40)32(41,33(34,35)36)31-38-26-12-9-23(19-37)18-27(26)39(31)20-44-15-16-47(4,5)6/h2*7-14,17-18,41H,15-16,20H2,1-6H3. The Hall–Kier alpha value is -7.23. The second-order valence-corrected chi connectivity index (χ2v) is 42.0. The number of halogens is 6. The van der Waals surface area contributed by atoms with Crippen molar-refractivity contribution in [2.24, 2.45) is 0 Å². The molecule has 496 valence electrons. The molecule has 10 rings (SSSR count). The van der Waals surface area contributed by atoms with Crippen LogP contribution in [0.3, 0.4) is 0 Å². The van der Waals surface area contributed by atoms with Crippen LogP contribution in [0.2, 0.25) is 51.4 Å². The molecule has 0 saturated heterocycles. The van der Waals surface area contributed by atoms with E-state index in [2.05, 4.69) is 49.3 Å². The third kappa shape index (κ3) is 13.4. The summed E-state index contributed by atoms with van der Waals surface area (Å²) in [5.41, 5.74) is -5.03. The molecule has 2 atom stereocenters. The number of nitrogens with zero attached hydrogens (tertiary/aromatic N) is 8. The van der Waals surface area contributed by atoms with Crippen molar-refractivity contribution < 1.29 is 62.9 Å². The number of ether oxygens (including phenoxy) is 2. The number of fused-ring (bicyclic) bond motifs is 4. The summed E-state index contributed by atoms with van der Waals surface area (Å²) in [6.45, 7) is 19.6. The van der Waals surface area contributed by atoms with Crippen molar-refractivity contribution >= 4 is 104 Å². The molecule has 0 spiro atoms. The van der Waals surface area contributed by atoms with Crippen LogP contribution < -0.4 is 0 Å². The highest BCUT2D eigenvalue weighted by Gasteiger charge is 2.62. The number of nitriles is 2. The molecule has 0 aliphatic rings. The average Bonchev–Trinajstić information content (AvgIpc) is 1.46. The van der Waals surface area contributed by atoms with E-state index in [1.807, 2.05) is 26.0 Å². The molecule has 0 radical (unpaired) electrons. The second kappa shape index (κ2) is 26.4. The van der Waals surface area contributed by atoms with E-state index in [-0.39, 0.29) is 94.7 Å². The van der Waals surface area contributed by atoms with Crippen LogP contribution in [-0.4, -0.2) is 108 Å². The molecule has 0 amide bonds. The molecule has 4 aromatic heterocycles. The normalized spacial score (nSPS) is 14.1. The van der Waals surface area contributed by atoms with Gasteiger partial charge in [-0.05, 0) is 148 Å². The summed E-state index contributed by atoms with van der Waals surface area (Å²) in [5.74, 6) is -1.50. The van der Waals surface area contributed by atoms with E-state index >= 15 is 26.3 Å². The van der Waals surface area contributed by atoms with Gasteiger partial charge in [-0.3, -0.25) is 0 Å². The maximum absolute atomic E-state index is 15.6. The third-order valence-corrected chi connectivity index (χ3v) is 24.5. The van der Waals surface area contributed by atoms with Gasteiger partial charge in [-0.25, -0.2) is 34.7 Å². The quantitative estimate of drug-likeness (QED) is 0.0314. The van der Waals surface area contributed by atoms with Crippen LogP contribution in [0.5, 0.6) is 0 Å². The number of rotatable bonds is 20. The molecule has 10 aromatic rings. The molecular weight excluding hydrogens is 1330 g/mol. The smallest absolute Gasteiger partial charge is 0.370 e. The maximum atomic E-state index is 15.6. The molecule has 2 unspecified atom stereocenters. The van der Waals surface area contributed by atoms with E-state index < -0.39 is 82.5 Å². The van der Waals surface area contributed by atoms with Crippen molar-refractivity contribution in [3.05, 3.63) is 178 Å². The largest absolute Gasteiger partial charge is 0.428 e. The van der Waals surface area contributed by atoms with E-state index in [4.69, 9.17) is 9.47 Å². The highest BCUT2D eigenvalue weighted by atomic mass is 32.2. The van der Waals surface area contributed by atoms with Gasteiger partial charge in [-0.1, -0.05) is 74.7 Å². The number of imidazole rings is 2. The lowest BCUT2D eigenvalue weighted by molar-refractivity contribution is -0.253. The number of aromatic nitrogens is 6. The molecule has 28 heteroatoms. The Balaban J connectivity index is 0.000000221. The Bertz CT molecular complexity index is 4680. The van der Waals surface area contributed by atoms with Crippen molar-refractivity contribution in [3.8, 4) is 12.1 Å². The summed E-state index contributed by atoms with van der Waals surface area (Å²) in [4.78, 5) is 8.76. The maximum Gasteiger partial charge on any atom is 0.428 e. The molecule has 94 heavy (non-hydrogen) atoms. The Kier molecular flexibility index (Phi) is 20.0. The van der Waals surface area contributed by atoms with Crippen LogP contribution in [0.1, 0.15) is 56.2 Å². The first-order valence-corrected chi connectivity index (χ1v) is 42.2. The van der Waals surface area contributed by atoms with Gasteiger partial charge in [0.2, 0.25) is 11.2 Å². The Morgan fingerprint density at radius 2 is 0.915 bits per heavy atom. The van der Waals surface area contributed by atoms with Crippen LogP contribution in [0, 0.1) is 50.4 Å². The fourth-order valence-corrected chi connectivity index (χ4v) is 16.9. The topological polar surface area (TPSA) is 220 Å². The highest BCUT2D eigenvalue weighted by molar-refractivity contribution is 7.99. The van der Waals surface area contributed by atoms with Gasteiger partial charge < -0.3 is 28.8 Å². The van der Waals surface area contributed by atoms with Crippen molar-refractivity contribution in [1.29, 1.82) is 10.5 Å². The van der Waals surface area contributed by atoms with Gasteiger partial charge in [0.15, 0.2) is 11.6 Å². The molecule has 16 nitrogen and oxygen atoms in total. The van der Waals surface area contributed by atoms with Gasteiger partial charge in [0.1, 0.15) is 13.5 Å². The number of thioether (sulfide) groups is 2.